The number of aromatic nitrogens is 2. The zero-order valence-electron chi connectivity index (χ0n) is 17.6. The van der Waals surface area contributed by atoms with Gasteiger partial charge in [-0.15, -0.1) is 0 Å². The third kappa shape index (κ3) is 3.95. The lowest BCUT2D eigenvalue weighted by molar-refractivity contribution is -0.140. The number of ether oxygens (including phenoxy) is 1. The Hall–Kier alpha value is -2.96. The van der Waals surface area contributed by atoms with Crippen LogP contribution in [0.4, 0.5) is 4.39 Å². The molecule has 29 heavy (non-hydrogen) atoms. The number of benzene rings is 1. The smallest absolute Gasteiger partial charge is 0.342 e. The van der Waals surface area contributed by atoms with E-state index in [9.17, 15) is 14.0 Å². The summed E-state index contributed by atoms with van der Waals surface area (Å²) >= 11 is 0. The molecule has 1 amide bonds. The van der Waals surface area contributed by atoms with Gasteiger partial charge in [-0.3, -0.25) is 9.89 Å². The van der Waals surface area contributed by atoms with Crippen LogP contribution in [-0.2, 0) is 14.9 Å². The minimum Gasteiger partial charge on any atom is -0.459 e. The Labute approximate surface area is 169 Å². The fourth-order valence-electron chi connectivity index (χ4n) is 3.73. The third-order valence-electron chi connectivity index (χ3n) is 4.97. The van der Waals surface area contributed by atoms with Crippen molar-refractivity contribution in [3.05, 3.63) is 58.3 Å². The summed E-state index contributed by atoms with van der Waals surface area (Å²) in [5.41, 5.74) is 2.70. The number of esters is 1. The van der Waals surface area contributed by atoms with E-state index in [1.807, 2.05) is 20.8 Å². The largest absolute Gasteiger partial charge is 0.459 e. The molecule has 7 heteroatoms. The van der Waals surface area contributed by atoms with Crippen LogP contribution in [0.3, 0.4) is 0 Å². The Bertz CT molecular complexity index is 1000. The average molecular weight is 399 g/mol. The number of carbonyl (C=O) groups is 2. The van der Waals surface area contributed by atoms with Crippen molar-refractivity contribution in [3.8, 4) is 0 Å². The summed E-state index contributed by atoms with van der Waals surface area (Å²) in [6, 6.07) is 4.25. The highest BCUT2D eigenvalue weighted by molar-refractivity contribution is 6.17. The summed E-state index contributed by atoms with van der Waals surface area (Å²) in [6.45, 7) is 11.3. The first-order valence-electron chi connectivity index (χ1n) is 9.57. The highest BCUT2D eigenvalue weighted by Crippen LogP contribution is 2.37. The fraction of sp³-hybridized carbons (Fsp3) is 0.409. The molecule has 6 nitrogen and oxygen atoms in total. The van der Waals surface area contributed by atoms with Gasteiger partial charge in [0.05, 0.1) is 17.5 Å². The lowest BCUT2D eigenvalue weighted by Gasteiger charge is -2.29. The number of halogens is 1. The normalized spacial score (nSPS) is 15.6. The van der Waals surface area contributed by atoms with Crippen LogP contribution in [-0.4, -0.2) is 39.6 Å². The predicted octanol–water partition coefficient (Wildman–Crippen LogP) is 3.89. The van der Waals surface area contributed by atoms with Crippen LogP contribution < -0.4 is 0 Å². The molecule has 0 bridgehead atoms. The maximum Gasteiger partial charge on any atom is 0.342 e. The molecule has 0 saturated carbocycles. The summed E-state index contributed by atoms with van der Waals surface area (Å²) in [4.78, 5) is 27.6. The number of aryl methyl sites for hydroxylation is 2. The van der Waals surface area contributed by atoms with E-state index < -0.39 is 11.4 Å². The van der Waals surface area contributed by atoms with E-state index in [0.29, 0.717) is 23.4 Å². The van der Waals surface area contributed by atoms with Gasteiger partial charge >= 0.3 is 5.97 Å². The highest BCUT2D eigenvalue weighted by atomic mass is 19.1. The van der Waals surface area contributed by atoms with Crippen molar-refractivity contribution < 1.29 is 18.7 Å². The maximum absolute atomic E-state index is 13.7. The molecule has 0 saturated heterocycles. The van der Waals surface area contributed by atoms with Gasteiger partial charge in [0.15, 0.2) is 0 Å². The molecule has 1 aliphatic rings. The van der Waals surface area contributed by atoms with Crippen molar-refractivity contribution in [1.82, 2.24) is 15.1 Å². The van der Waals surface area contributed by atoms with E-state index in [1.54, 1.807) is 20.8 Å². The van der Waals surface area contributed by atoms with E-state index in [1.165, 1.54) is 29.3 Å². The molecule has 0 aliphatic carbocycles. The molecule has 154 valence electrons. The molecular weight excluding hydrogens is 373 g/mol. The molecular formula is C22H26FN3O3. The number of nitrogens with one attached hydrogen (secondary N) is 1. The summed E-state index contributed by atoms with van der Waals surface area (Å²) < 4.78 is 19.1. The quantitative estimate of drug-likeness (QED) is 0.795. The minimum atomic E-state index is -0.532. The number of rotatable bonds is 3. The van der Waals surface area contributed by atoms with Gasteiger partial charge in [-0.25, -0.2) is 9.18 Å². The molecule has 2 heterocycles. The van der Waals surface area contributed by atoms with E-state index >= 15 is 0 Å². The van der Waals surface area contributed by atoms with Crippen LogP contribution >= 0.6 is 0 Å². The lowest BCUT2D eigenvalue weighted by Crippen LogP contribution is -2.37. The highest BCUT2D eigenvalue weighted by Gasteiger charge is 2.37. The van der Waals surface area contributed by atoms with Crippen molar-refractivity contribution in [2.75, 3.05) is 6.54 Å². The van der Waals surface area contributed by atoms with E-state index in [4.69, 9.17) is 4.74 Å². The summed E-state index contributed by atoms with van der Waals surface area (Å²) in [5.74, 6) is -1.21. The lowest BCUT2D eigenvalue weighted by atomic mass is 9.82. The fourth-order valence-corrected chi connectivity index (χ4v) is 3.73. The standard InChI is InChI=1S/C22H26FN3O3/c1-12(2)29-21(28)16-10-26(20(27)15-7-8-17(23)13(3)9-15)11-22(5,6)18-14(4)24-25-19(16)18/h7-10,12H,11H2,1-6H3,(H,24,25). The average Bonchev–Trinajstić information content (AvgIpc) is 2.95. The van der Waals surface area contributed by atoms with Crippen LogP contribution in [0, 0.1) is 19.7 Å². The van der Waals surface area contributed by atoms with Crippen LogP contribution in [0.2, 0.25) is 0 Å². The van der Waals surface area contributed by atoms with Gasteiger partial charge in [-0.05, 0) is 51.5 Å². The van der Waals surface area contributed by atoms with Gasteiger partial charge in [0, 0.05) is 29.3 Å². The van der Waals surface area contributed by atoms with E-state index in [0.717, 1.165) is 11.3 Å². The van der Waals surface area contributed by atoms with Gasteiger partial charge in [-0.1, -0.05) is 13.8 Å². The molecule has 0 unspecified atom stereocenters. The number of fused-ring (bicyclic) bond motifs is 1. The number of carbonyl (C=O) groups excluding carboxylic acids is 2. The van der Waals surface area contributed by atoms with E-state index in [-0.39, 0.29) is 23.4 Å². The Kier molecular flexibility index (Phi) is 5.34. The number of hydrogen-bond acceptors (Lipinski definition) is 4. The summed E-state index contributed by atoms with van der Waals surface area (Å²) in [6.07, 6.45) is 1.20. The van der Waals surface area contributed by atoms with Crippen molar-refractivity contribution in [3.63, 3.8) is 0 Å². The number of H-pyrrole nitrogens is 1. The predicted molar refractivity (Wildman–Crippen MR) is 108 cm³/mol. The SMILES string of the molecule is Cc1cc(C(=O)N2C=C(C(=O)OC(C)C)c3[nH]nc(C)c3C(C)(C)C2)ccc1F. The first-order chi connectivity index (χ1) is 13.5. The van der Waals surface area contributed by atoms with Gasteiger partial charge < -0.3 is 9.64 Å². The summed E-state index contributed by atoms with van der Waals surface area (Å²) in [5, 5.41) is 7.21. The van der Waals surface area contributed by atoms with Gasteiger partial charge in [0.2, 0.25) is 0 Å². The van der Waals surface area contributed by atoms with Crippen LogP contribution in [0.15, 0.2) is 24.4 Å². The Morgan fingerprint density at radius 3 is 2.59 bits per heavy atom. The first kappa shape index (κ1) is 20.8. The Morgan fingerprint density at radius 2 is 1.97 bits per heavy atom. The van der Waals surface area contributed by atoms with Gasteiger partial charge in [0.25, 0.3) is 5.91 Å². The topological polar surface area (TPSA) is 75.3 Å². The van der Waals surface area contributed by atoms with Gasteiger partial charge in [0.1, 0.15) is 11.4 Å². The first-order valence-corrected chi connectivity index (χ1v) is 9.57. The molecule has 3 rings (SSSR count). The van der Waals surface area contributed by atoms with Crippen molar-refractivity contribution in [1.29, 1.82) is 0 Å². The van der Waals surface area contributed by atoms with Crippen molar-refractivity contribution in [2.45, 2.75) is 53.1 Å². The monoisotopic (exact) mass is 399 g/mol. The zero-order chi connectivity index (χ0) is 21.5. The van der Waals surface area contributed by atoms with Crippen LogP contribution in [0.1, 0.15) is 60.6 Å². The molecule has 1 aliphatic heterocycles. The van der Waals surface area contributed by atoms with Crippen LogP contribution in [0.5, 0.6) is 0 Å². The third-order valence-corrected chi connectivity index (χ3v) is 4.97. The number of aromatic amines is 1. The van der Waals surface area contributed by atoms with Gasteiger partial charge in [-0.2, -0.15) is 5.10 Å². The Balaban J connectivity index is 2.11. The molecule has 0 spiro atoms. The number of amides is 1. The molecule has 0 radical (unpaired) electrons. The molecule has 1 aromatic carbocycles. The number of nitrogens with zero attached hydrogens (tertiary/aromatic N) is 2. The molecule has 1 aromatic heterocycles. The maximum atomic E-state index is 13.7. The molecule has 0 fully saturated rings. The molecule has 0 atom stereocenters. The second kappa shape index (κ2) is 7.46. The Morgan fingerprint density at radius 1 is 1.28 bits per heavy atom. The summed E-state index contributed by atoms with van der Waals surface area (Å²) in [7, 11) is 0. The van der Waals surface area contributed by atoms with Crippen molar-refractivity contribution in [2.24, 2.45) is 0 Å². The minimum absolute atomic E-state index is 0.243. The molecule has 1 N–H and O–H groups in total. The zero-order valence-corrected chi connectivity index (χ0v) is 17.6. The molecule has 2 aromatic rings. The second-order valence-corrected chi connectivity index (χ2v) is 8.34. The van der Waals surface area contributed by atoms with E-state index in [2.05, 4.69) is 10.2 Å². The number of hydrogen-bond donors (Lipinski definition) is 1. The van der Waals surface area contributed by atoms with Crippen LogP contribution in [0.25, 0.3) is 5.57 Å². The second-order valence-electron chi connectivity index (χ2n) is 8.34. The van der Waals surface area contributed by atoms with Crippen molar-refractivity contribution >= 4 is 17.4 Å².